The smallest absolute Gasteiger partial charge is 0.347 e. The van der Waals surface area contributed by atoms with Crippen molar-refractivity contribution < 1.29 is 9.53 Å². The number of ether oxygens (including phenoxy) is 1. The Balaban J connectivity index is 1.86. The molecule has 4 rings (SSSR count). The van der Waals surface area contributed by atoms with Gasteiger partial charge in [-0.25, -0.2) is 4.79 Å². The van der Waals surface area contributed by atoms with E-state index in [1.54, 1.807) is 17.5 Å². The monoisotopic (exact) mass is 341 g/mol. The number of hydrogen-bond acceptors (Lipinski definition) is 5. The summed E-state index contributed by atoms with van der Waals surface area (Å²) in [4.78, 5) is 16.1. The van der Waals surface area contributed by atoms with Crippen molar-refractivity contribution in [1.82, 2.24) is 15.2 Å². The molecule has 0 aliphatic carbocycles. The number of aromatic nitrogens is 3. The van der Waals surface area contributed by atoms with Crippen LogP contribution in [0.1, 0.15) is 27.2 Å². The highest BCUT2D eigenvalue weighted by atomic mass is 32.1. The predicted octanol–water partition coefficient (Wildman–Crippen LogP) is 4.17. The molecule has 0 fully saturated rings. The third kappa shape index (κ3) is 2.34. The molecule has 0 amide bonds. The summed E-state index contributed by atoms with van der Waals surface area (Å²) in [5.41, 5.74) is 3.77. The fourth-order valence-electron chi connectivity index (χ4n) is 2.56. The van der Waals surface area contributed by atoms with Crippen LogP contribution < -0.4 is 0 Å². The molecule has 114 valence electrons. The fourth-order valence-corrected chi connectivity index (χ4v) is 3.66. The van der Waals surface area contributed by atoms with E-state index in [9.17, 15) is 4.79 Å². The number of esters is 1. The SMILES string of the molecule is Cc1cc2c(c(=S)[nH]1)C(=O)O/C2=C\c1cn[nH]c1-c1cccs1. The van der Waals surface area contributed by atoms with Crippen molar-refractivity contribution in [2.75, 3.05) is 0 Å². The van der Waals surface area contributed by atoms with E-state index in [1.807, 2.05) is 36.6 Å². The predicted molar refractivity (Wildman–Crippen MR) is 91.6 cm³/mol. The van der Waals surface area contributed by atoms with Gasteiger partial charge < -0.3 is 9.72 Å². The van der Waals surface area contributed by atoms with Crippen LogP contribution in [-0.2, 0) is 4.74 Å². The maximum Gasteiger partial charge on any atom is 0.347 e. The Kier molecular flexibility index (Phi) is 3.24. The maximum atomic E-state index is 12.1. The van der Waals surface area contributed by atoms with E-state index in [0.29, 0.717) is 16.0 Å². The maximum absolute atomic E-state index is 12.1. The Morgan fingerprint density at radius 1 is 1.43 bits per heavy atom. The molecule has 3 aromatic rings. The van der Waals surface area contributed by atoms with Gasteiger partial charge in [-0.05, 0) is 30.5 Å². The minimum atomic E-state index is -0.423. The molecule has 0 spiro atoms. The van der Waals surface area contributed by atoms with Gasteiger partial charge in [0.15, 0.2) is 0 Å². The second kappa shape index (κ2) is 5.29. The number of carbonyl (C=O) groups excluding carboxylic acids is 1. The molecule has 1 aliphatic heterocycles. The summed E-state index contributed by atoms with van der Waals surface area (Å²) in [6.07, 6.45) is 3.53. The Hall–Kier alpha value is -2.51. The standard InChI is InChI=1S/C16H11N3O2S2/c1-8-5-10-11(21-16(20)13(10)15(22)18-8)6-9-7-17-19-14(9)12-3-2-4-23-12/h2-7H,1H3,(H,17,19)(H,18,22)/b11-6-. The molecule has 0 bridgehead atoms. The van der Waals surface area contributed by atoms with Crippen LogP contribution in [-0.4, -0.2) is 21.2 Å². The normalized spacial score (nSPS) is 15.0. The second-order valence-electron chi connectivity index (χ2n) is 5.15. The first kappa shape index (κ1) is 14.1. The van der Waals surface area contributed by atoms with Crippen molar-refractivity contribution in [2.24, 2.45) is 0 Å². The van der Waals surface area contributed by atoms with Gasteiger partial charge in [0.05, 0.1) is 16.8 Å². The fraction of sp³-hybridized carbons (Fsp3) is 0.0625. The molecule has 3 aromatic heterocycles. The molecule has 23 heavy (non-hydrogen) atoms. The molecule has 0 aromatic carbocycles. The van der Waals surface area contributed by atoms with Gasteiger partial charge >= 0.3 is 5.97 Å². The molecule has 1 aliphatic rings. The van der Waals surface area contributed by atoms with E-state index in [1.165, 1.54) is 0 Å². The number of H-pyrrole nitrogens is 2. The Morgan fingerprint density at radius 2 is 2.30 bits per heavy atom. The quantitative estimate of drug-likeness (QED) is 0.542. The van der Waals surface area contributed by atoms with E-state index < -0.39 is 5.97 Å². The first-order chi connectivity index (χ1) is 11.1. The second-order valence-corrected chi connectivity index (χ2v) is 6.50. The zero-order valence-corrected chi connectivity index (χ0v) is 13.7. The lowest BCUT2D eigenvalue weighted by molar-refractivity contribution is 0.0716. The van der Waals surface area contributed by atoms with Gasteiger partial charge in [-0.3, -0.25) is 5.10 Å². The average molecular weight is 341 g/mol. The highest BCUT2D eigenvalue weighted by Crippen LogP contribution is 2.34. The minimum Gasteiger partial charge on any atom is -0.422 e. The number of pyridine rings is 1. The van der Waals surface area contributed by atoms with Crippen molar-refractivity contribution in [1.29, 1.82) is 0 Å². The van der Waals surface area contributed by atoms with E-state index >= 15 is 0 Å². The number of cyclic esters (lactones) is 1. The van der Waals surface area contributed by atoms with E-state index in [-0.39, 0.29) is 0 Å². The van der Waals surface area contributed by atoms with E-state index in [0.717, 1.165) is 27.4 Å². The summed E-state index contributed by atoms with van der Waals surface area (Å²) in [6, 6.07) is 5.85. The van der Waals surface area contributed by atoms with Crippen LogP contribution in [0.2, 0.25) is 0 Å². The molecular formula is C16H11N3O2S2. The number of aryl methyl sites for hydroxylation is 1. The van der Waals surface area contributed by atoms with Crippen molar-refractivity contribution in [2.45, 2.75) is 6.92 Å². The first-order valence-corrected chi connectivity index (χ1v) is 8.17. The van der Waals surface area contributed by atoms with Crippen LogP contribution in [0.25, 0.3) is 22.4 Å². The summed E-state index contributed by atoms with van der Waals surface area (Å²) in [7, 11) is 0. The lowest BCUT2D eigenvalue weighted by Crippen LogP contribution is -1.97. The van der Waals surface area contributed by atoms with Crippen LogP contribution in [0, 0.1) is 11.6 Å². The van der Waals surface area contributed by atoms with Gasteiger partial charge in [0.1, 0.15) is 16.0 Å². The summed E-state index contributed by atoms with van der Waals surface area (Å²) in [6.45, 7) is 1.89. The number of hydrogen-bond donors (Lipinski definition) is 2. The molecule has 5 nitrogen and oxygen atoms in total. The third-order valence-electron chi connectivity index (χ3n) is 3.56. The Morgan fingerprint density at radius 3 is 3.09 bits per heavy atom. The van der Waals surface area contributed by atoms with Crippen LogP contribution >= 0.6 is 23.6 Å². The lowest BCUT2D eigenvalue weighted by atomic mass is 10.1. The minimum absolute atomic E-state index is 0.402. The summed E-state index contributed by atoms with van der Waals surface area (Å²) in [5.74, 6) is 0.0704. The van der Waals surface area contributed by atoms with Gasteiger partial charge in [-0.1, -0.05) is 18.3 Å². The number of nitrogens with one attached hydrogen (secondary N) is 2. The molecule has 0 atom stereocenters. The highest BCUT2D eigenvalue weighted by molar-refractivity contribution is 7.71. The van der Waals surface area contributed by atoms with Crippen LogP contribution in [0.15, 0.2) is 29.8 Å². The van der Waals surface area contributed by atoms with Crippen molar-refractivity contribution in [3.63, 3.8) is 0 Å². The van der Waals surface area contributed by atoms with Gasteiger partial charge in [0, 0.05) is 16.8 Å². The summed E-state index contributed by atoms with van der Waals surface area (Å²) in [5, 5.41) is 9.09. The number of aromatic amines is 2. The molecular weight excluding hydrogens is 330 g/mol. The molecule has 0 saturated carbocycles. The van der Waals surface area contributed by atoms with Crippen molar-refractivity contribution >= 4 is 41.4 Å². The largest absolute Gasteiger partial charge is 0.422 e. The molecule has 0 radical (unpaired) electrons. The van der Waals surface area contributed by atoms with Crippen molar-refractivity contribution in [3.8, 4) is 10.6 Å². The first-order valence-electron chi connectivity index (χ1n) is 6.89. The number of fused-ring (bicyclic) bond motifs is 1. The van der Waals surface area contributed by atoms with Gasteiger partial charge in [-0.15, -0.1) is 11.3 Å². The highest BCUT2D eigenvalue weighted by Gasteiger charge is 2.29. The van der Waals surface area contributed by atoms with Crippen LogP contribution in [0.4, 0.5) is 0 Å². The number of rotatable bonds is 2. The molecule has 0 saturated heterocycles. The number of nitrogens with zero attached hydrogens (tertiary/aromatic N) is 1. The topological polar surface area (TPSA) is 70.8 Å². The Bertz CT molecular complexity index is 997. The molecule has 2 N–H and O–H groups in total. The van der Waals surface area contributed by atoms with Gasteiger partial charge in [0.2, 0.25) is 0 Å². The summed E-state index contributed by atoms with van der Waals surface area (Å²) < 4.78 is 5.81. The average Bonchev–Trinajstić information content (AvgIpc) is 3.20. The molecule has 4 heterocycles. The number of thiophene rings is 1. The summed E-state index contributed by atoms with van der Waals surface area (Å²) >= 11 is 6.85. The van der Waals surface area contributed by atoms with Crippen LogP contribution in [0.3, 0.4) is 0 Å². The number of carbonyl (C=O) groups is 1. The Labute approximate surface area is 140 Å². The van der Waals surface area contributed by atoms with E-state index in [4.69, 9.17) is 17.0 Å². The molecule has 7 heteroatoms. The molecule has 0 unspecified atom stereocenters. The van der Waals surface area contributed by atoms with E-state index in [2.05, 4.69) is 15.2 Å². The van der Waals surface area contributed by atoms with Gasteiger partial charge in [0.25, 0.3) is 0 Å². The zero-order chi connectivity index (χ0) is 16.0. The zero-order valence-electron chi connectivity index (χ0n) is 12.0. The third-order valence-corrected chi connectivity index (χ3v) is 4.76. The lowest BCUT2D eigenvalue weighted by Gasteiger charge is -2.01. The van der Waals surface area contributed by atoms with Crippen LogP contribution in [0.5, 0.6) is 0 Å². The van der Waals surface area contributed by atoms with Gasteiger partial charge in [-0.2, -0.15) is 5.10 Å². The van der Waals surface area contributed by atoms with Crippen molar-refractivity contribution in [3.05, 3.63) is 56.8 Å².